The van der Waals surface area contributed by atoms with Crippen LogP contribution in [0.25, 0.3) is 10.6 Å². The zero-order chi connectivity index (χ0) is 16.1. The molecule has 116 valence electrons. The van der Waals surface area contributed by atoms with Gasteiger partial charge < -0.3 is 11.5 Å². The van der Waals surface area contributed by atoms with E-state index >= 15 is 0 Å². The first kappa shape index (κ1) is 15.0. The number of benzene rings is 1. The zero-order valence-corrected chi connectivity index (χ0v) is 13.2. The van der Waals surface area contributed by atoms with Gasteiger partial charge in [-0.2, -0.15) is 10.2 Å². The summed E-state index contributed by atoms with van der Waals surface area (Å²) in [6.45, 7) is 0.745. The van der Waals surface area contributed by atoms with Gasteiger partial charge in [-0.3, -0.25) is 0 Å². The van der Waals surface area contributed by atoms with Crippen LogP contribution in [0.4, 0.5) is 0 Å². The molecule has 0 radical (unpaired) electrons. The number of guanidine groups is 1. The van der Waals surface area contributed by atoms with Crippen LogP contribution in [-0.2, 0) is 6.54 Å². The summed E-state index contributed by atoms with van der Waals surface area (Å²) < 4.78 is 2.02. The standard InChI is InChI=1S/C16H16N6S/c17-16(18)20-19-9-13-11-22(10-12-5-2-1-3-6-12)21-15(13)14-7-4-8-23-14/h1-9,11H,10H2,(H4,17,18,20)/p+1/b19-9+. The van der Waals surface area contributed by atoms with Crippen LogP contribution in [0.3, 0.4) is 0 Å². The third-order valence-corrected chi connectivity index (χ3v) is 4.06. The molecule has 3 rings (SSSR count). The number of thiophene rings is 1. The van der Waals surface area contributed by atoms with Gasteiger partial charge in [-0.25, -0.2) is 0 Å². The van der Waals surface area contributed by atoms with Crippen molar-refractivity contribution in [3.05, 3.63) is 65.2 Å². The third-order valence-electron chi connectivity index (χ3n) is 3.17. The number of nitrogens with two attached hydrogens (primary N) is 2. The van der Waals surface area contributed by atoms with Crippen molar-refractivity contribution in [2.24, 2.45) is 21.7 Å². The molecule has 0 saturated carbocycles. The van der Waals surface area contributed by atoms with Crippen LogP contribution >= 0.6 is 11.3 Å². The molecule has 0 aliphatic rings. The van der Waals surface area contributed by atoms with Gasteiger partial charge in [-0.1, -0.05) is 36.4 Å². The average molecular weight is 325 g/mol. The van der Waals surface area contributed by atoms with Gasteiger partial charge in [0.2, 0.25) is 12.2 Å². The number of nitrogens with one attached hydrogen (secondary N) is 1. The normalized spacial score (nSPS) is 11.0. The number of hydrogen-bond donors (Lipinski definition) is 3. The highest BCUT2D eigenvalue weighted by Crippen LogP contribution is 2.24. The fraction of sp³-hybridized carbons (Fsp3) is 0.0625. The first-order valence-electron chi connectivity index (χ1n) is 7.04. The third kappa shape index (κ3) is 3.83. The minimum absolute atomic E-state index is 0.0633. The molecule has 2 aromatic heterocycles. The molecule has 1 aromatic carbocycles. The lowest BCUT2D eigenvalue weighted by Crippen LogP contribution is -2.35. The number of hydrogen-bond acceptors (Lipinski definition) is 3. The van der Waals surface area contributed by atoms with Gasteiger partial charge in [0, 0.05) is 5.56 Å². The largest absolute Gasteiger partial charge is 0.369 e. The molecule has 5 N–H and O–H groups in total. The van der Waals surface area contributed by atoms with Crippen LogP contribution in [0.2, 0.25) is 0 Å². The van der Waals surface area contributed by atoms with Crippen LogP contribution < -0.4 is 16.1 Å². The van der Waals surface area contributed by atoms with Crippen LogP contribution in [0, 0.1) is 0 Å². The highest BCUT2D eigenvalue weighted by molar-refractivity contribution is 7.13. The van der Waals surface area contributed by atoms with Crippen molar-refractivity contribution >= 4 is 23.5 Å². The summed E-state index contributed by atoms with van der Waals surface area (Å²) in [5.41, 5.74) is 13.7. The molecule has 2 heterocycles. The highest BCUT2D eigenvalue weighted by Gasteiger charge is 2.16. The molecule has 0 saturated heterocycles. The molecule has 3 aromatic rings. The smallest absolute Gasteiger partial charge is 0.211 e. The van der Waals surface area contributed by atoms with Crippen molar-refractivity contribution in [3.63, 3.8) is 0 Å². The molecule has 23 heavy (non-hydrogen) atoms. The van der Waals surface area contributed by atoms with E-state index in [9.17, 15) is 0 Å². The minimum atomic E-state index is -0.0633. The van der Waals surface area contributed by atoms with Gasteiger partial charge in [0.05, 0.1) is 16.7 Å². The van der Waals surface area contributed by atoms with Gasteiger partial charge in [-0.15, -0.1) is 21.1 Å². The molecule has 0 bridgehead atoms. The van der Waals surface area contributed by atoms with E-state index in [0.717, 1.165) is 22.7 Å². The second-order valence-corrected chi connectivity index (χ2v) is 5.88. The Labute approximate surface area is 137 Å². The van der Waals surface area contributed by atoms with Gasteiger partial charge >= 0.3 is 0 Å². The van der Waals surface area contributed by atoms with E-state index in [1.54, 1.807) is 17.6 Å². The molecular formula is C16H17N6S+. The van der Waals surface area contributed by atoms with Gasteiger partial charge in [0.1, 0.15) is 5.69 Å². The maximum absolute atomic E-state index is 5.30. The SMILES string of the molecule is NC(N)=N/N=C/c1c[n+](Cc2ccccc2)[nH]c1-c1cccs1. The number of aromatic amines is 1. The predicted octanol–water partition coefficient (Wildman–Crippen LogP) is 1.69. The molecule has 0 amide bonds. The Hall–Kier alpha value is -2.93. The summed E-state index contributed by atoms with van der Waals surface area (Å²) in [5.74, 6) is -0.0633. The summed E-state index contributed by atoms with van der Waals surface area (Å²) in [7, 11) is 0. The number of rotatable bonds is 5. The summed E-state index contributed by atoms with van der Waals surface area (Å²) in [5, 5.41) is 13.0. The fourth-order valence-electron chi connectivity index (χ4n) is 2.21. The number of nitrogens with zero attached hydrogens (tertiary/aromatic N) is 3. The number of aromatic nitrogens is 2. The zero-order valence-electron chi connectivity index (χ0n) is 12.4. The van der Waals surface area contributed by atoms with Crippen LogP contribution in [-0.4, -0.2) is 17.3 Å². The average Bonchev–Trinajstić information content (AvgIpc) is 3.17. The lowest BCUT2D eigenvalue weighted by atomic mass is 10.2. The quantitative estimate of drug-likeness (QED) is 0.288. The van der Waals surface area contributed by atoms with E-state index in [1.165, 1.54) is 5.56 Å². The van der Waals surface area contributed by atoms with Crippen LogP contribution in [0.5, 0.6) is 0 Å². The van der Waals surface area contributed by atoms with E-state index in [1.807, 2.05) is 40.5 Å². The Bertz CT molecular complexity index is 814. The predicted molar refractivity (Wildman–Crippen MR) is 93.2 cm³/mol. The van der Waals surface area contributed by atoms with Crippen molar-refractivity contribution in [2.75, 3.05) is 0 Å². The monoisotopic (exact) mass is 325 g/mol. The molecule has 6 nitrogen and oxygen atoms in total. The molecule has 0 atom stereocenters. The number of H-pyrrole nitrogens is 1. The second kappa shape index (κ2) is 6.89. The fourth-order valence-corrected chi connectivity index (χ4v) is 2.95. The van der Waals surface area contributed by atoms with Gasteiger partial charge in [0.25, 0.3) is 0 Å². The topological polar surface area (TPSA) is 96.4 Å². The lowest BCUT2D eigenvalue weighted by molar-refractivity contribution is -0.741. The molecule has 0 fully saturated rings. The Balaban J connectivity index is 1.93. The van der Waals surface area contributed by atoms with Crippen LogP contribution in [0.15, 0.2) is 64.2 Å². The molecule has 7 heteroatoms. The summed E-state index contributed by atoms with van der Waals surface area (Å²) in [6.07, 6.45) is 3.64. The first-order valence-corrected chi connectivity index (χ1v) is 7.92. The maximum atomic E-state index is 5.30. The summed E-state index contributed by atoms with van der Waals surface area (Å²) in [4.78, 5) is 1.13. The summed E-state index contributed by atoms with van der Waals surface area (Å²) >= 11 is 1.66. The van der Waals surface area contributed by atoms with Crippen molar-refractivity contribution in [2.45, 2.75) is 6.54 Å². The van der Waals surface area contributed by atoms with Crippen LogP contribution in [0.1, 0.15) is 11.1 Å². The molecule has 0 unspecified atom stereocenters. The first-order chi connectivity index (χ1) is 11.2. The summed E-state index contributed by atoms with van der Waals surface area (Å²) in [6, 6.07) is 14.3. The Morgan fingerprint density at radius 3 is 2.70 bits per heavy atom. The Morgan fingerprint density at radius 1 is 1.17 bits per heavy atom. The van der Waals surface area contributed by atoms with Crippen molar-refractivity contribution in [1.82, 2.24) is 5.10 Å². The van der Waals surface area contributed by atoms with E-state index in [-0.39, 0.29) is 5.96 Å². The molecular weight excluding hydrogens is 308 g/mol. The van der Waals surface area contributed by atoms with E-state index < -0.39 is 0 Å². The maximum Gasteiger partial charge on any atom is 0.211 e. The van der Waals surface area contributed by atoms with Gasteiger partial charge in [0.15, 0.2) is 6.54 Å². The Morgan fingerprint density at radius 2 is 2.00 bits per heavy atom. The van der Waals surface area contributed by atoms with Crippen molar-refractivity contribution in [3.8, 4) is 10.6 Å². The molecule has 0 aliphatic carbocycles. The highest BCUT2D eigenvalue weighted by atomic mass is 32.1. The van der Waals surface area contributed by atoms with Crippen molar-refractivity contribution in [1.29, 1.82) is 0 Å². The minimum Gasteiger partial charge on any atom is -0.369 e. The van der Waals surface area contributed by atoms with E-state index in [0.29, 0.717) is 0 Å². The Kier molecular flexibility index (Phi) is 4.49. The van der Waals surface area contributed by atoms with E-state index in [2.05, 4.69) is 33.5 Å². The van der Waals surface area contributed by atoms with Crippen molar-refractivity contribution < 1.29 is 4.68 Å². The second-order valence-electron chi connectivity index (χ2n) is 4.93. The van der Waals surface area contributed by atoms with Gasteiger partial charge in [-0.05, 0) is 11.4 Å². The van der Waals surface area contributed by atoms with E-state index in [4.69, 9.17) is 11.5 Å². The molecule has 0 aliphatic heterocycles. The molecule has 0 spiro atoms. The lowest BCUT2D eigenvalue weighted by Gasteiger charge is -1.93.